The van der Waals surface area contributed by atoms with Gasteiger partial charge in [-0.3, -0.25) is 0 Å². The number of hydrogen-bond donors (Lipinski definition) is 0. The van der Waals surface area contributed by atoms with Crippen molar-refractivity contribution < 1.29 is 14.3 Å². The minimum atomic E-state index is -0.435. The Balaban J connectivity index is 2.01. The first kappa shape index (κ1) is 22.1. The Hall–Kier alpha value is -4.06. The van der Waals surface area contributed by atoms with Crippen LogP contribution in [0, 0.1) is 13.8 Å². The Bertz CT molecular complexity index is 1300. The van der Waals surface area contributed by atoms with Crippen LogP contribution in [-0.2, 0) is 4.74 Å². The maximum atomic E-state index is 12.7. The maximum absolute atomic E-state index is 12.7. The molecule has 0 atom stereocenters. The number of rotatable bonds is 6. The maximum Gasteiger partial charge on any atom is 0.340 e. The Morgan fingerprint density at radius 3 is 2.30 bits per heavy atom. The lowest BCUT2D eigenvalue weighted by Crippen LogP contribution is -2.19. The van der Waals surface area contributed by atoms with E-state index in [-0.39, 0.29) is 0 Å². The molecule has 0 amide bonds. The van der Waals surface area contributed by atoms with Crippen LogP contribution in [0.15, 0.2) is 72.8 Å². The third-order valence-corrected chi connectivity index (χ3v) is 5.73. The summed E-state index contributed by atoms with van der Waals surface area (Å²) in [6.45, 7) is 4.06. The van der Waals surface area contributed by atoms with E-state index in [4.69, 9.17) is 14.6 Å². The van der Waals surface area contributed by atoms with Crippen LogP contribution in [0.25, 0.3) is 16.8 Å². The van der Waals surface area contributed by atoms with Gasteiger partial charge in [0.05, 0.1) is 36.9 Å². The summed E-state index contributed by atoms with van der Waals surface area (Å²) in [6.07, 6.45) is 0. The smallest absolute Gasteiger partial charge is 0.340 e. The summed E-state index contributed by atoms with van der Waals surface area (Å²) in [7, 11) is 4.89. The first-order valence-corrected chi connectivity index (χ1v) is 10.7. The molecule has 0 saturated heterocycles. The van der Waals surface area contributed by atoms with Gasteiger partial charge in [-0.1, -0.05) is 48.5 Å². The van der Waals surface area contributed by atoms with E-state index in [1.165, 1.54) is 7.11 Å². The summed E-state index contributed by atoms with van der Waals surface area (Å²) in [5, 5.41) is 4.93. The summed E-state index contributed by atoms with van der Waals surface area (Å²) < 4.78 is 12.4. The van der Waals surface area contributed by atoms with Crippen LogP contribution in [0.1, 0.15) is 21.6 Å². The lowest BCUT2D eigenvalue weighted by molar-refractivity contribution is 0.0601. The molecule has 3 aromatic carbocycles. The van der Waals surface area contributed by atoms with Gasteiger partial charge < -0.3 is 14.4 Å². The number of esters is 1. The van der Waals surface area contributed by atoms with Gasteiger partial charge >= 0.3 is 5.97 Å². The Morgan fingerprint density at radius 1 is 0.939 bits per heavy atom. The van der Waals surface area contributed by atoms with Crippen LogP contribution >= 0.6 is 0 Å². The number of ether oxygens (including phenoxy) is 2. The zero-order valence-electron chi connectivity index (χ0n) is 19.5. The third kappa shape index (κ3) is 4.07. The predicted octanol–water partition coefficient (Wildman–Crippen LogP) is 5.72. The molecule has 0 aliphatic heterocycles. The molecule has 4 rings (SSSR count). The van der Waals surface area contributed by atoms with Crippen LogP contribution in [0.2, 0.25) is 0 Å². The highest BCUT2D eigenvalue weighted by molar-refractivity contribution is 5.98. The fourth-order valence-corrected chi connectivity index (χ4v) is 4.06. The van der Waals surface area contributed by atoms with Crippen LogP contribution < -0.4 is 9.64 Å². The molecule has 4 aromatic rings. The number of nitrogens with zero attached hydrogens (tertiary/aromatic N) is 3. The number of hydrogen-bond acceptors (Lipinski definition) is 5. The fourth-order valence-electron chi connectivity index (χ4n) is 4.06. The van der Waals surface area contributed by atoms with E-state index < -0.39 is 5.97 Å². The molecular weight excluding hydrogens is 414 g/mol. The number of carbonyl (C=O) groups is 1. The molecule has 6 heteroatoms. The van der Waals surface area contributed by atoms with Gasteiger partial charge in [-0.2, -0.15) is 5.10 Å². The van der Waals surface area contributed by atoms with Crippen molar-refractivity contribution in [3.05, 3.63) is 89.6 Å². The van der Waals surface area contributed by atoms with Crippen LogP contribution in [0.3, 0.4) is 0 Å². The monoisotopic (exact) mass is 441 g/mol. The lowest BCUT2D eigenvalue weighted by atomic mass is 10.0. The third-order valence-electron chi connectivity index (χ3n) is 5.73. The second-order valence-corrected chi connectivity index (χ2v) is 7.78. The van der Waals surface area contributed by atoms with E-state index in [2.05, 4.69) is 25.1 Å². The summed E-state index contributed by atoms with van der Waals surface area (Å²) in [5.41, 5.74) is 6.09. The van der Waals surface area contributed by atoms with Gasteiger partial charge in [-0.15, -0.1) is 0 Å². The molecular formula is C27H27N3O3. The first-order valence-electron chi connectivity index (χ1n) is 10.7. The Labute approximate surface area is 194 Å². The number of benzene rings is 3. The standard InChI is InChI=1S/C27H27N3O3/c1-18-11-9-10-14-23(18)30-26(25(19(2)28-30)20-12-7-6-8-13-20)29(3)24-16-15-21(32-4)17-22(24)27(31)33-5/h6-17H,1-5H3. The molecule has 1 heterocycles. The highest BCUT2D eigenvalue weighted by atomic mass is 16.5. The van der Waals surface area contributed by atoms with Gasteiger partial charge in [0.1, 0.15) is 11.6 Å². The average molecular weight is 442 g/mol. The van der Waals surface area contributed by atoms with Gasteiger partial charge in [0.25, 0.3) is 0 Å². The fraction of sp³-hybridized carbons (Fsp3) is 0.185. The zero-order valence-corrected chi connectivity index (χ0v) is 19.5. The van der Waals surface area contributed by atoms with Crippen molar-refractivity contribution in [1.29, 1.82) is 0 Å². The first-order chi connectivity index (χ1) is 16.0. The van der Waals surface area contributed by atoms with E-state index in [1.54, 1.807) is 13.2 Å². The highest BCUT2D eigenvalue weighted by Crippen LogP contribution is 2.40. The van der Waals surface area contributed by atoms with Gasteiger partial charge in [0, 0.05) is 12.6 Å². The van der Waals surface area contributed by atoms with E-state index in [9.17, 15) is 4.79 Å². The predicted molar refractivity (Wildman–Crippen MR) is 131 cm³/mol. The molecule has 0 saturated carbocycles. The molecule has 0 bridgehead atoms. The SMILES string of the molecule is COC(=O)c1cc(OC)ccc1N(C)c1c(-c2ccccc2)c(C)nn1-c1ccccc1C. The molecule has 0 unspecified atom stereocenters. The number of aromatic nitrogens is 2. The van der Waals surface area contributed by atoms with E-state index >= 15 is 0 Å². The molecule has 33 heavy (non-hydrogen) atoms. The minimum absolute atomic E-state index is 0.411. The second-order valence-electron chi connectivity index (χ2n) is 7.78. The van der Waals surface area contributed by atoms with Crippen molar-refractivity contribution in [2.24, 2.45) is 0 Å². The molecule has 6 nitrogen and oxygen atoms in total. The molecule has 0 fully saturated rings. The Morgan fingerprint density at radius 2 is 1.64 bits per heavy atom. The van der Waals surface area contributed by atoms with Gasteiger partial charge in [-0.05, 0) is 49.2 Å². The number of methoxy groups -OCH3 is 2. The summed E-state index contributed by atoms with van der Waals surface area (Å²) >= 11 is 0. The summed E-state index contributed by atoms with van der Waals surface area (Å²) in [4.78, 5) is 14.7. The molecule has 1 aromatic heterocycles. The molecule has 0 spiro atoms. The summed E-state index contributed by atoms with van der Waals surface area (Å²) in [5.74, 6) is 0.999. The molecule has 0 radical (unpaired) electrons. The zero-order chi connectivity index (χ0) is 23.5. The topological polar surface area (TPSA) is 56.6 Å². The molecule has 0 aliphatic rings. The number of para-hydroxylation sites is 1. The number of anilines is 2. The summed E-state index contributed by atoms with van der Waals surface area (Å²) in [6, 6.07) is 23.7. The normalized spacial score (nSPS) is 10.7. The second kappa shape index (κ2) is 9.20. The van der Waals surface area contributed by atoms with E-state index in [0.29, 0.717) is 17.0 Å². The van der Waals surface area contributed by atoms with Crippen LogP contribution in [0.5, 0.6) is 5.75 Å². The van der Waals surface area contributed by atoms with Gasteiger partial charge in [0.15, 0.2) is 0 Å². The molecule has 0 aliphatic carbocycles. The lowest BCUT2D eigenvalue weighted by Gasteiger charge is -2.25. The highest BCUT2D eigenvalue weighted by Gasteiger charge is 2.26. The van der Waals surface area contributed by atoms with Crippen LogP contribution in [-0.4, -0.2) is 37.0 Å². The quantitative estimate of drug-likeness (QED) is 0.358. The van der Waals surface area contributed by atoms with Gasteiger partial charge in [0.2, 0.25) is 0 Å². The van der Waals surface area contributed by atoms with Crippen molar-refractivity contribution in [1.82, 2.24) is 9.78 Å². The minimum Gasteiger partial charge on any atom is -0.497 e. The number of aryl methyl sites for hydroxylation is 2. The van der Waals surface area contributed by atoms with E-state index in [0.717, 1.165) is 33.9 Å². The molecule has 168 valence electrons. The van der Waals surface area contributed by atoms with Crippen molar-refractivity contribution in [3.63, 3.8) is 0 Å². The van der Waals surface area contributed by atoms with Crippen molar-refractivity contribution in [2.75, 3.05) is 26.2 Å². The van der Waals surface area contributed by atoms with Crippen molar-refractivity contribution >= 4 is 17.5 Å². The average Bonchev–Trinajstić information content (AvgIpc) is 3.20. The molecule has 0 N–H and O–H groups in total. The van der Waals surface area contributed by atoms with Crippen molar-refractivity contribution in [3.8, 4) is 22.6 Å². The Kier molecular flexibility index (Phi) is 6.18. The van der Waals surface area contributed by atoms with Crippen LogP contribution in [0.4, 0.5) is 11.5 Å². The van der Waals surface area contributed by atoms with E-state index in [1.807, 2.05) is 72.1 Å². The van der Waals surface area contributed by atoms with Gasteiger partial charge in [-0.25, -0.2) is 9.48 Å². The largest absolute Gasteiger partial charge is 0.497 e. The number of carbonyl (C=O) groups excluding carboxylic acids is 1. The van der Waals surface area contributed by atoms with Crippen molar-refractivity contribution in [2.45, 2.75) is 13.8 Å².